The quantitative estimate of drug-likeness (QED) is 0.185. The molecule has 1 aliphatic heterocycles. The van der Waals surface area contributed by atoms with Crippen molar-refractivity contribution in [1.29, 1.82) is 0 Å². The van der Waals surface area contributed by atoms with Crippen molar-refractivity contribution in [3.8, 4) is 22.6 Å². The van der Waals surface area contributed by atoms with E-state index < -0.39 is 5.97 Å². The van der Waals surface area contributed by atoms with Gasteiger partial charge in [0, 0.05) is 30.8 Å². The number of carbonyl (C=O) groups excluding carboxylic acids is 2. The van der Waals surface area contributed by atoms with Gasteiger partial charge >= 0.3 is 5.97 Å². The Bertz CT molecular complexity index is 1580. The van der Waals surface area contributed by atoms with Crippen LogP contribution in [0.3, 0.4) is 0 Å². The first kappa shape index (κ1) is 32.0. The van der Waals surface area contributed by atoms with Crippen LogP contribution in [0.25, 0.3) is 17.2 Å². The predicted octanol–water partition coefficient (Wildman–Crippen LogP) is 5.88. The molecule has 1 aliphatic rings. The minimum Gasteiger partial charge on any atom is -0.495 e. The predicted molar refractivity (Wildman–Crippen MR) is 174 cm³/mol. The second-order valence-corrected chi connectivity index (χ2v) is 11.9. The van der Waals surface area contributed by atoms with Gasteiger partial charge in [-0.05, 0) is 79.8 Å². The Morgan fingerprint density at radius 3 is 2.37 bits per heavy atom. The average molecular weight is 640 g/mol. The number of thioether (sulfide) groups is 1. The van der Waals surface area contributed by atoms with Gasteiger partial charge in [-0.3, -0.25) is 14.5 Å². The molecule has 43 heavy (non-hydrogen) atoms. The van der Waals surface area contributed by atoms with Crippen molar-refractivity contribution in [2.45, 2.75) is 6.42 Å². The van der Waals surface area contributed by atoms with Gasteiger partial charge in [-0.25, -0.2) is 4.79 Å². The van der Waals surface area contributed by atoms with Gasteiger partial charge < -0.3 is 24.8 Å². The van der Waals surface area contributed by atoms with Gasteiger partial charge in [0.05, 0.1) is 22.6 Å². The summed E-state index contributed by atoms with van der Waals surface area (Å²) in [6, 6.07) is 17.1. The lowest BCUT2D eigenvalue weighted by atomic mass is 10.0. The number of anilines is 1. The number of nitrogens with one attached hydrogen (secondary N) is 1. The number of rotatable bonds is 12. The molecule has 9 nitrogen and oxygen atoms in total. The van der Waals surface area contributed by atoms with E-state index in [4.69, 9.17) is 38.4 Å². The summed E-state index contributed by atoms with van der Waals surface area (Å²) >= 11 is 13.0. The number of thiocarbonyl (C=S) groups is 1. The molecule has 1 heterocycles. The molecule has 224 valence electrons. The summed E-state index contributed by atoms with van der Waals surface area (Å²) in [5.74, 6) is -0.495. The van der Waals surface area contributed by atoms with E-state index in [1.165, 1.54) is 29.2 Å². The number of carboxylic acids is 1. The van der Waals surface area contributed by atoms with Crippen LogP contribution >= 0.6 is 35.6 Å². The van der Waals surface area contributed by atoms with Crippen molar-refractivity contribution in [2.75, 3.05) is 46.2 Å². The van der Waals surface area contributed by atoms with Gasteiger partial charge in [0.2, 0.25) is 5.91 Å². The molecule has 0 atom stereocenters. The number of hydrogen-bond donors (Lipinski definition) is 2. The molecule has 0 unspecified atom stereocenters. The van der Waals surface area contributed by atoms with Gasteiger partial charge in [-0.1, -0.05) is 47.7 Å². The third kappa shape index (κ3) is 8.35. The number of amides is 2. The van der Waals surface area contributed by atoms with Crippen molar-refractivity contribution in [2.24, 2.45) is 0 Å². The molecule has 0 aromatic heterocycles. The maximum atomic E-state index is 13.4. The fourth-order valence-corrected chi connectivity index (χ4v) is 5.68. The Hall–Kier alpha value is -3.90. The zero-order valence-corrected chi connectivity index (χ0v) is 26.1. The summed E-state index contributed by atoms with van der Waals surface area (Å²) in [6.45, 7) is 1.26. The van der Waals surface area contributed by atoms with Gasteiger partial charge in [0.25, 0.3) is 5.91 Å². The molecular formula is C31H30ClN3O6S2. The van der Waals surface area contributed by atoms with Crippen LogP contribution in [0.5, 0.6) is 11.5 Å². The summed E-state index contributed by atoms with van der Waals surface area (Å²) in [5.41, 5.74) is 3.02. The van der Waals surface area contributed by atoms with E-state index in [0.717, 1.165) is 22.9 Å². The molecular weight excluding hydrogens is 610 g/mol. The van der Waals surface area contributed by atoms with Crippen LogP contribution in [0, 0.1) is 0 Å². The molecule has 1 fully saturated rings. The van der Waals surface area contributed by atoms with Crippen LogP contribution in [0.4, 0.5) is 5.69 Å². The number of nitrogens with zero attached hydrogens (tertiary/aromatic N) is 2. The Morgan fingerprint density at radius 1 is 1.07 bits per heavy atom. The molecule has 0 spiro atoms. The smallest absolute Gasteiger partial charge is 0.335 e. The number of aromatic carboxylic acids is 1. The first-order chi connectivity index (χ1) is 20.5. The standard InChI is InChI=1S/C31H30ClN3O6S2/c1-34(2)14-15-41-25-10-6-20(21-7-11-26(40-3)24(32)17-21)16-22(25)18-27-29(37)35(31(42)43-27)13-12-28(36)33-23-8-4-19(5-9-23)30(38)39/h4-11,16-18H,12-15H2,1-3H3,(H,33,36)(H,38,39). The lowest BCUT2D eigenvalue weighted by molar-refractivity contribution is -0.122. The molecule has 0 aliphatic carbocycles. The summed E-state index contributed by atoms with van der Waals surface area (Å²) < 4.78 is 11.7. The summed E-state index contributed by atoms with van der Waals surface area (Å²) in [4.78, 5) is 40.8. The number of benzene rings is 3. The van der Waals surface area contributed by atoms with Crippen molar-refractivity contribution < 1.29 is 29.0 Å². The van der Waals surface area contributed by atoms with Crippen LogP contribution in [0.1, 0.15) is 22.3 Å². The maximum Gasteiger partial charge on any atom is 0.335 e. The Labute approximate surface area is 264 Å². The number of carboxylic acid groups (broad SMARTS) is 1. The maximum absolute atomic E-state index is 13.4. The number of methoxy groups -OCH3 is 1. The Morgan fingerprint density at radius 2 is 1.74 bits per heavy atom. The van der Waals surface area contributed by atoms with E-state index in [-0.39, 0.29) is 30.3 Å². The minimum absolute atomic E-state index is 0.00696. The highest BCUT2D eigenvalue weighted by Crippen LogP contribution is 2.37. The van der Waals surface area contributed by atoms with Crippen molar-refractivity contribution >= 4 is 69.4 Å². The number of halogens is 1. The van der Waals surface area contributed by atoms with Gasteiger partial charge in [0.1, 0.15) is 22.4 Å². The first-order valence-electron chi connectivity index (χ1n) is 13.2. The molecule has 2 N–H and O–H groups in total. The lowest BCUT2D eigenvalue weighted by Crippen LogP contribution is -2.31. The van der Waals surface area contributed by atoms with E-state index in [1.807, 2.05) is 49.3 Å². The number of likely N-dealkylation sites (N-methyl/N-ethyl adjacent to an activating group) is 1. The lowest BCUT2D eigenvalue weighted by Gasteiger charge is -2.15. The van der Waals surface area contributed by atoms with E-state index in [1.54, 1.807) is 19.3 Å². The van der Waals surface area contributed by atoms with Crippen molar-refractivity contribution in [1.82, 2.24) is 9.80 Å². The number of carbonyl (C=O) groups is 3. The largest absolute Gasteiger partial charge is 0.495 e. The van der Waals surface area contributed by atoms with Crippen molar-refractivity contribution in [3.05, 3.63) is 81.7 Å². The second-order valence-electron chi connectivity index (χ2n) is 9.77. The molecule has 0 bridgehead atoms. The monoisotopic (exact) mass is 639 g/mol. The van der Waals surface area contributed by atoms with Crippen molar-refractivity contribution in [3.63, 3.8) is 0 Å². The third-order valence-electron chi connectivity index (χ3n) is 6.43. The molecule has 3 aromatic rings. The molecule has 0 radical (unpaired) electrons. The van der Waals surface area contributed by atoms with Crippen LogP contribution in [-0.2, 0) is 9.59 Å². The molecule has 4 rings (SSSR count). The van der Waals surface area contributed by atoms with Gasteiger partial charge in [-0.2, -0.15) is 0 Å². The van der Waals surface area contributed by atoms with Gasteiger partial charge in [-0.15, -0.1) is 0 Å². The third-order valence-corrected chi connectivity index (χ3v) is 8.10. The topological polar surface area (TPSA) is 108 Å². The average Bonchev–Trinajstić information content (AvgIpc) is 3.23. The normalized spacial score (nSPS) is 14.0. The molecule has 1 saturated heterocycles. The minimum atomic E-state index is -1.05. The van der Waals surface area contributed by atoms with Crippen LogP contribution < -0.4 is 14.8 Å². The molecule has 3 aromatic carbocycles. The molecule has 2 amide bonds. The second kappa shape index (κ2) is 14.5. The zero-order chi connectivity index (χ0) is 31.1. The summed E-state index contributed by atoms with van der Waals surface area (Å²) in [7, 11) is 5.48. The van der Waals surface area contributed by atoms with Gasteiger partial charge in [0.15, 0.2) is 0 Å². The zero-order valence-electron chi connectivity index (χ0n) is 23.8. The summed E-state index contributed by atoms with van der Waals surface area (Å²) in [6.07, 6.45) is 1.76. The van der Waals surface area contributed by atoms with Crippen LogP contribution in [-0.4, -0.2) is 77.9 Å². The van der Waals surface area contributed by atoms with E-state index in [9.17, 15) is 14.4 Å². The highest BCUT2D eigenvalue weighted by atomic mass is 35.5. The summed E-state index contributed by atoms with van der Waals surface area (Å²) in [5, 5.41) is 12.2. The fraction of sp³-hybridized carbons (Fsp3) is 0.226. The van der Waals surface area contributed by atoms with Crippen LogP contribution in [0.2, 0.25) is 5.02 Å². The van der Waals surface area contributed by atoms with Crippen LogP contribution in [0.15, 0.2) is 65.6 Å². The highest BCUT2D eigenvalue weighted by molar-refractivity contribution is 8.26. The Kier molecular flexibility index (Phi) is 10.8. The SMILES string of the molecule is COc1ccc(-c2ccc(OCCN(C)C)c(C=C3SC(=S)N(CCC(=O)Nc4ccc(C(=O)O)cc4)C3=O)c2)cc1Cl. The molecule has 0 saturated carbocycles. The van der Waals surface area contributed by atoms with E-state index in [2.05, 4.69) is 5.32 Å². The molecule has 12 heteroatoms. The number of ether oxygens (including phenoxy) is 2. The Balaban J connectivity index is 1.51. The highest BCUT2D eigenvalue weighted by Gasteiger charge is 2.32. The fourth-order valence-electron chi connectivity index (χ4n) is 4.12. The number of hydrogen-bond acceptors (Lipinski definition) is 8. The van der Waals surface area contributed by atoms with E-state index >= 15 is 0 Å². The first-order valence-corrected chi connectivity index (χ1v) is 14.8. The van der Waals surface area contributed by atoms with E-state index in [0.29, 0.717) is 50.1 Å².